The maximum atomic E-state index is 13.7. The fourth-order valence-electron chi connectivity index (χ4n) is 5.23. The highest BCUT2D eigenvalue weighted by molar-refractivity contribution is 6.05. The number of hydrogen-bond acceptors (Lipinski definition) is 10. The third-order valence-corrected chi connectivity index (χ3v) is 7.19. The average molecular weight is 606 g/mol. The van der Waals surface area contributed by atoms with E-state index in [2.05, 4.69) is 10.5 Å². The lowest BCUT2D eigenvalue weighted by molar-refractivity contribution is -0.167. The molecule has 3 unspecified atom stereocenters. The summed E-state index contributed by atoms with van der Waals surface area (Å²) in [5.74, 6) is -2.18. The first-order valence-corrected chi connectivity index (χ1v) is 13.5. The van der Waals surface area contributed by atoms with Gasteiger partial charge in [-0.1, -0.05) is 17.3 Å². The summed E-state index contributed by atoms with van der Waals surface area (Å²) in [5, 5.41) is 6.78. The molecule has 12 nitrogen and oxygen atoms in total. The average Bonchev–Trinajstić information content (AvgIpc) is 3.34. The van der Waals surface area contributed by atoms with Gasteiger partial charge in [-0.2, -0.15) is 13.2 Å². The van der Waals surface area contributed by atoms with Crippen molar-refractivity contribution in [3.05, 3.63) is 48.0 Å². The van der Waals surface area contributed by atoms with Gasteiger partial charge in [-0.05, 0) is 29.8 Å². The molecule has 3 aromatic rings. The minimum atomic E-state index is -4.42. The Kier molecular flexibility index (Phi) is 8.84. The molecule has 15 heteroatoms. The number of carbonyl (C=O) groups excluding carboxylic acids is 3. The minimum absolute atomic E-state index is 0.0234. The molecule has 0 radical (unpaired) electrons. The predicted octanol–water partition coefficient (Wildman–Crippen LogP) is 3.04. The maximum absolute atomic E-state index is 13.7. The van der Waals surface area contributed by atoms with Gasteiger partial charge in [0.05, 0.1) is 31.6 Å². The fraction of sp³-hybridized carbons (Fsp3) is 0.429. The summed E-state index contributed by atoms with van der Waals surface area (Å²) < 4.78 is 62.1. The molecule has 3 atom stereocenters. The first kappa shape index (κ1) is 30.3. The van der Waals surface area contributed by atoms with Crippen molar-refractivity contribution in [1.82, 2.24) is 10.1 Å². The molecule has 1 aromatic heterocycles. The number of fused-ring (bicyclic) bond motifs is 1. The van der Waals surface area contributed by atoms with Crippen LogP contribution in [0.1, 0.15) is 24.9 Å². The number of nitrogens with one attached hydrogen (secondary N) is 1. The third-order valence-electron chi connectivity index (χ3n) is 7.19. The number of morpholine rings is 2. The van der Waals surface area contributed by atoms with E-state index in [1.54, 1.807) is 29.2 Å². The van der Waals surface area contributed by atoms with Crippen LogP contribution in [0.5, 0.6) is 0 Å². The number of anilines is 3. The van der Waals surface area contributed by atoms with Crippen LogP contribution in [0, 0.1) is 0 Å². The molecule has 3 heterocycles. The van der Waals surface area contributed by atoms with Crippen LogP contribution in [0.4, 0.5) is 30.4 Å². The number of rotatable bonds is 8. The van der Waals surface area contributed by atoms with Crippen LogP contribution in [-0.2, 0) is 28.6 Å². The second-order valence-electron chi connectivity index (χ2n) is 10.2. The van der Waals surface area contributed by atoms with E-state index >= 15 is 0 Å². The standard InChI is InChI=1S/C28H30F3N5O7/c1-16(37)42-23(26(38)33-18-5-6-20-22(14-18)43-34-25(20)32)24-27(39)36(9-12-41-24)19-4-2-3-17(13-19)21(15-28(29,30)31)35-7-10-40-11-8-35/h2-6,13-14,21,23-24H,7-12,15H2,1H3,(H2,32,34)(H,33,38). The highest BCUT2D eigenvalue weighted by Crippen LogP contribution is 2.36. The zero-order valence-corrected chi connectivity index (χ0v) is 23.1. The van der Waals surface area contributed by atoms with E-state index in [1.807, 2.05) is 0 Å². The summed E-state index contributed by atoms with van der Waals surface area (Å²) in [6, 6.07) is 9.89. The second-order valence-corrected chi connectivity index (χ2v) is 10.2. The van der Waals surface area contributed by atoms with E-state index < -0.39 is 48.6 Å². The minimum Gasteiger partial charge on any atom is -0.449 e. The molecule has 0 bridgehead atoms. The van der Waals surface area contributed by atoms with Gasteiger partial charge in [-0.3, -0.25) is 19.3 Å². The Morgan fingerprint density at radius 3 is 2.63 bits per heavy atom. The Labute approximate surface area is 243 Å². The summed E-state index contributed by atoms with van der Waals surface area (Å²) in [6.07, 6.45) is -8.68. The van der Waals surface area contributed by atoms with E-state index in [1.165, 1.54) is 23.1 Å². The summed E-state index contributed by atoms with van der Waals surface area (Å²) in [6.45, 7) is 2.43. The van der Waals surface area contributed by atoms with Gasteiger partial charge in [-0.25, -0.2) is 0 Å². The van der Waals surface area contributed by atoms with Gasteiger partial charge in [0.2, 0.25) is 6.10 Å². The first-order valence-electron chi connectivity index (χ1n) is 13.5. The van der Waals surface area contributed by atoms with E-state index in [0.717, 1.165) is 6.92 Å². The normalized spacial score (nSPS) is 19.7. The Balaban J connectivity index is 1.38. The van der Waals surface area contributed by atoms with Crippen molar-refractivity contribution in [1.29, 1.82) is 0 Å². The largest absolute Gasteiger partial charge is 0.449 e. The summed E-state index contributed by atoms with van der Waals surface area (Å²) in [5.41, 5.74) is 7.00. The molecular formula is C28H30F3N5O7. The molecule has 2 aliphatic rings. The number of nitrogens with two attached hydrogens (primary N) is 1. The van der Waals surface area contributed by atoms with Gasteiger partial charge in [0.1, 0.15) is 0 Å². The van der Waals surface area contributed by atoms with Crippen molar-refractivity contribution in [2.45, 2.75) is 37.8 Å². The van der Waals surface area contributed by atoms with E-state index in [-0.39, 0.29) is 24.7 Å². The number of benzene rings is 2. The lowest BCUT2D eigenvalue weighted by Crippen LogP contribution is -2.56. The molecule has 2 saturated heterocycles. The van der Waals surface area contributed by atoms with Crippen LogP contribution < -0.4 is 16.0 Å². The van der Waals surface area contributed by atoms with Crippen molar-refractivity contribution in [2.75, 3.05) is 55.4 Å². The monoisotopic (exact) mass is 605 g/mol. The van der Waals surface area contributed by atoms with Gasteiger partial charge in [-0.15, -0.1) is 0 Å². The SMILES string of the molecule is CC(=O)OC(C(=O)Nc1ccc2c(N)noc2c1)C1OCCN(c2cccc(C(CC(F)(F)F)N3CCOCC3)c2)C1=O. The number of aromatic nitrogens is 1. The smallest absolute Gasteiger partial charge is 0.390 e. The highest BCUT2D eigenvalue weighted by Gasteiger charge is 2.43. The lowest BCUT2D eigenvalue weighted by atomic mass is 9.99. The number of nitrogen functional groups attached to an aromatic ring is 1. The number of hydrogen-bond donors (Lipinski definition) is 2. The van der Waals surface area contributed by atoms with Crippen LogP contribution >= 0.6 is 0 Å². The van der Waals surface area contributed by atoms with Gasteiger partial charge in [0.25, 0.3) is 11.8 Å². The zero-order chi connectivity index (χ0) is 30.7. The van der Waals surface area contributed by atoms with Gasteiger partial charge in [0.15, 0.2) is 17.5 Å². The number of ether oxygens (including phenoxy) is 3. The molecule has 43 heavy (non-hydrogen) atoms. The van der Waals surface area contributed by atoms with Crippen LogP contribution in [0.25, 0.3) is 11.0 Å². The first-order chi connectivity index (χ1) is 20.5. The fourth-order valence-corrected chi connectivity index (χ4v) is 5.23. The molecular weight excluding hydrogens is 575 g/mol. The van der Waals surface area contributed by atoms with Crippen molar-refractivity contribution < 1.29 is 46.3 Å². The maximum Gasteiger partial charge on any atom is 0.390 e. The van der Waals surface area contributed by atoms with Crippen LogP contribution in [-0.4, -0.2) is 85.7 Å². The van der Waals surface area contributed by atoms with Gasteiger partial charge in [0, 0.05) is 50.0 Å². The van der Waals surface area contributed by atoms with E-state index in [9.17, 15) is 27.6 Å². The number of esters is 1. The molecule has 2 fully saturated rings. The highest BCUT2D eigenvalue weighted by atomic mass is 19.4. The van der Waals surface area contributed by atoms with E-state index in [0.29, 0.717) is 48.5 Å². The van der Waals surface area contributed by atoms with Gasteiger partial charge < -0.3 is 34.7 Å². The second kappa shape index (κ2) is 12.6. The summed E-state index contributed by atoms with van der Waals surface area (Å²) in [7, 11) is 0. The Morgan fingerprint density at radius 1 is 1.14 bits per heavy atom. The Bertz CT molecular complexity index is 1490. The van der Waals surface area contributed by atoms with E-state index in [4.69, 9.17) is 24.5 Å². The van der Waals surface area contributed by atoms with Crippen molar-refractivity contribution in [3.8, 4) is 0 Å². The van der Waals surface area contributed by atoms with Crippen LogP contribution in [0.3, 0.4) is 0 Å². The van der Waals surface area contributed by atoms with Crippen LogP contribution in [0.2, 0.25) is 0 Å². The molecule has 0 spiro atoms. The molecule has 0 saturated carbocycles. The number of nitrogens with zero attached hydrogens (tertiary/aromatic N) is 3. The topological polar surface area (TPSA) is 149 Å². The lowest BCUT2D eigenvalue weighted by Gasteiger charge is -2.37. The molecule has 3 N–H and O–H groups in total. The number of carbonyl (C=O) groups is 3. The summed E-state index contributed by atoms with van der Waals surface area (Å²) in [4.78, 5) is 42.0. The molecule has 2 amide bonds. The molecule has 230 valence electrons. The zero-order valence-electron chi connectivity index (χ0n) is 23.1. The van der Waals surface area contributed by atoms with Gasteiger partial charge >= 0.3 is 12.1 Å². The number of halogens is 3. The Hall–Kier alpha value is -4.21. The predicted molar refractivity (Wildman–Crippen MR) is 147 cm³/mol. The van der Waals surface area contributed by atoms with Crippen molar-refractivity contribution in [2.24, 2.45) is 0 Å². The summed E-state index contributed by atoms with van der Waals surface area (Å²) >= 11 is 0. The van der Waals surface area contributed by atoms with Crippen molar-refractivity contribution >= 4 is 45.9 Å². The van der Waals surface area contributed by atoms with Crippen molar-refractivity contribution in [3.63, 3.8) is 0 Å². The van der Waals surface area contributed by atoms with Crippen LogP contribution in [0.15, 0.2) is 47.0 Å². The molecule has 2 aromatic carbocycles. The molecule has 5 rings (SSSR count). The molecule has 2 aliphatic heterocycles. The Morgan fingerprint density at radius 2 is 1.91 bits per heavy atom. The third kappa shape index (κ3) is 7.06. The number of alkyl halides is 3. The number of amides is 2. The quantitative estimate of drug-likeness (QED) is 0.367. The molecule has 0 aliphatic carbocycles.